The first-order chi connectivity index (χ1) is 18.5. The molecule has 9 heteroatoms. The SMILES string of the molecule is COc1ccc(NC(=O)[C@@H](NC(=O)[C@@H]2CCCN2C(=O)COc2ccccc2)c2ccc(OC)cc2)cc1. The average Bonchev–Trinajstić information content (AvgIpc) is 3.46. The minimum atomic E-state index is -0.992. The van der Waals surface area contributed by atoms with Crippen molar-refractivity contribution in [2.45, 2.75) is 24.9 Å². The predicted molar refractivity (Wildman–Crippen MR) is 142 cm³/mol. The zero-order valence-corrected chi connectivity index (χ0v) is 21.4. The molecule has 1 aliphatic rings. The zero-order chi connectivity index (χ0) is 26.9. The first-order valence-electron chi connectivity index (χ1n) is 12.3. The Bertz CT molecular complexity index is 1230. The molecule has 0 aromatic heterocycles. The van der Waals surface area contributed by atoms with Crippen LogP contribution in [0, 0.1) is 0 Å². The molecule has 0 saturated carbocycles. The van der Waals surface area contributed by atoms with Crippen molar-refractivity contribution in [1.82, 2.24) is 10.2 Å². The van der Waals surface area contributed by atoms with Gasteiger partial charge in [-0.25, -0.2) is 0 Å². The van der Waals surface area contributed by atoms with E-state index in [-0.39, 0.29) is 12.5 Å². The lowest BCUT2D eigenvalue weighted by molar-refractivity contribution is -0.140. The Kier molecular flexibility index (Phi) is 8.81. The molecule has 3 aromatic carbocycles. The van der Waals surface area contributed by atoms with Gasteiger partial charge in [-0.15, -0.1) is 0 Å². The van der Waals surface area contributed by atoms with Crippen molar-refractivity contribution in [2.24, 2.45) is 0 Å². The van der Waals surface area contributed by atoms with Crippen LogP contribution in [0.3, 0.4) is 0 Å². The molecule has 3 amide bonds. The molecule has 0 bridgehead atoms. The highest BCUT2D eigenvalue weighted by Crippen LogP contribution is 2.24. The number of anilines is 1. The van der Waals surface area contributed by atoms with E-state index in [1.54, 1.807) is 74.9 Å². The van der Waals surface area contributed by atoms with E-state index in [0.29, 0.717) is 47.9 Å². The van der Waals surface area contributed by atoms with Crippen LogP contribution in [-0.2, 0) is 14.4 Å². The second kappa shape index (κ2) is 12.6. The molecule has 0 unspecified atom stereocenters. The van der Waals surface area contributed by atoms with Crippen molar-refractivity contribution < 1.29 is 28.6 Å². The molecule has 1 aliphatic heterocycles. The second-order valence-electron chi connectivity index (χ2n) is 8.78. The van der Waals surface area contributed by atoms with Crippen molar-refractivity contribution in [3.63, 3.8) is 0 Å². The molecule has 1 fully saturated rings. The smallest absolute Gasteiger partial charge is 0.261 e. The van der Waals surface area contributed by atoms with Crippen molar-refractivity contribution in [2.75, 3.05) is 32.7 Å². The summed E-state index contributed by atoms with van der Waals surface area (Å²) < 4.78 is 16.0. The number of methoxy groups -OCH3 is 2. The number of hydrogen-bond donors (Lipinski definition) is 2. The molecule has 0 aliphatic carbocycles. The molecule has 38 heavy (non-hydrogen) atoms. The summed E-state index contributed by atoms with van der Waals surface area (Å²) in [6.07, 6.45) is 1.18. The largest absolute Gasteiger partial charge is 0.497 e. The van der Waals surface area contributed by atoms with Gasteiger partial charge in [0.05, 0.1) is 14.2 Å². The molecule has 1 saturated heterocycles. The normalized spacial score (nSPS) is 15.3. The van der Waals surface area contributed by atoms with E-state index in [0.717, 1.165) is 0 Å². The first-order valence-corrected chi connectivity index (χ1v) is 12.3. The predicted octanol–water partition coefficient (Wildman–Crippen LogP) is 3.57. The molecule has 2 N–H and O–H groups in total. The standard InChI is InChI=1S/C29H31N3O6/c1-36-22-14-10-20(11-15-22)27(29(35)30-21-12-16-23(37-2)17-13-21)31-28(34)25-9-6-18-32(25)26(33)19-38-24-7-4-3-5-8-24/h3-5,7-8,10-17,25,27H,6,9,18-19H2,1-2H3,(H,30,35)(H,31,34)/t25-,27-/m0/s1. The van der Waals surface area contributed by atoms with Crippen LogP contribution in [0.1, 0.15) is 24.4 Å². The van der Waals surface area contributed by atoms with Crippen LogP contribution in [0.15, 0.2) is 78.9 Å². The van der Waals surface area contributed by atoms with Gasteiger partial charge in [-0.1, -0.05) is 30.3 Å². The van der Waals surface area contributed by atoms with Gasteiger partial charge in [0, 0.05) is 12.2 Å². The third-order valence-electron chi connectivity index (χ3n) is 6.34. The number of hydrogen-bond acceptors (Lipinski definition) is 6. The van der Waals surface area contributed by atoms with Crippen molar-refractivity contribution >= 4 is 23.4 Å². The number of ether oxygens (including phenoxy) is 3. The fourth-order valence-electron chi connectivity index (χ4n) is 4.31. The van der Waals surface area contributed by atoms with Crippen LogP contribution in [0.4, 0.5) is 5.69 Å². The van der Waals surface area contributed by atoms with E-state index < -0.39 is 23.9 Å². The molecule has 2 atom stereocenters. The summed E-state index contributed by atoms with van der Waals surface area (Å²) in [7, 11) is 3.12. The first kappa shape index (κ1) is 26.5. The summed E-state index contributed by atoms with van der Waals surface area (Å²) in [6, 6.07) is 21.1. The van der Waals surface area contributed by atoms with E-state index in [2.05, 4.69) is 10.6 Å². The van der Waals surface area contributed by atoms with Crippen LogP contribution in [0.2, 0.25) is 0 Å². The van der Waals surface area contributed by atoms with Gasteiger partial charge in [-0.3, -0.25) is 14.4 Å². The molecular weight excluding hydrogens is 486 g/mol. The number of carbonyl (C=O) groups excluding carboxylic acids is 3. The van der Waals surface area contributed by atoms with Crippen LogP contribution >= 0.6 is 0 Å². The maximum absolute atomic E-state index is 13.4. The molecule has 9 nitrogen and oxygen atoms in total. The number of nitrogens with one attached hydrogen (secondary N) is 2. The van der Waals surface area contributed by atoms with E-state index in [1.807, 2.05) is 18.2 Å². The Labute approximate surface area is 221 Å². The number of nitrogens with zero attached hydrogens (tertiary/aromatic N) is 1. The Morgan fingerprint density at radius 2 is 1.50 bits per heavy atom. The number of rotatable bonds is 10. The summed E-state index contributed by atoms with van der Waals surface area (Å²) in [5.74, 6) is 0.759. The lowest BCUT2D eigenvalue weighted by Gasteiger charge is -2.26. The Balaban J connectivity index is 1.47. The third kappa shape index (κ3) is 6.61. The monoisotopic (exact) mass is 517 g/mol. The number of benzene rings is 3. The van der Waals surface area contributed by atoms with Crippen LogP contribution < -0.4 is 24.8 Å². The highest BCUT2D eigenvalue weighted by molar-refractivity contribution is 5.99. The van der Waals surface area contributed by atoms with Gasteiger partial charge < -0.3 is 29.7 Å². The number of para-hydroxylation sites is 1. The summed E-state index contributed by atoms with van der Waals surface area (Å²) >= 11 is 0. The van der Waals surface area contributed by atoms with Gasteiger partial charge >= 0.3 is 0 Å². The molecule has 1 heterocycles. The van der Waals surface area contributed by atoms with E-state index in [4.69, 9.17) is 14.2 Å². The Morgan fingerprint density at radius 3 is 2.13 bits per heavy atom. The minimum Gasteiger partial charge on any atom is -0.497 e. The van der Waals surface area contributed by atoms with Gasteiger partial charge in [0.1, 0.15) is 29.3 Å². The molecule has 0 radical (unpaired) electrons. The maximum Gasteiger partial charge on any atom is 0.261 e. The summed E-state index contributed by atoms with van der Waals surface area (Å²) in [6.45, 7) is 0.272. The highest BCUT2D eigenvalue weighted by atomic mass is 16.5. The van der Waals surface area contributed by atoms with Crippen LogP contribution in [-0.4, -0.2) is 56.0 Å². The summed E-state index contributed by atoms with van der Waals surface area (Å²) in [5, 5.41) is 5.71. The fourth-order valence-corrected chi connectivity index (χ4v) is 4.31. The number of carbonyl (C=O) groups is 3. The lowest BCUT2D eigenvalue weighted by Crippen LogP contribution is -2.49. The van der Waals surface area contributed by atoms with Gasteiger partial charge in [0.2, 0.25) is 5.91 Å². The third-order valence-corrected chi connectivity index (χ3v) is 6.34. The Hall–Kier alpha value is -4.53. The molecule has 198 valence electrons. The van der Waals surface area contributed by atoms with E-state index in [1.165, 1.54) is 4.90 Å². The lowest BCUT2D eigenvalue weighted by atomic mass is 10.0. The van der Waals surface area contributed by atoms with Gasteiger partial charge in [0.25, 0.3) is 11.8 Å². The van der Waals surface area contributed by atoms with Gasteiger partial charge in [-0.05, 0) is 66.9 Å². The van der Waals surface area contributed by atoms with Gasteiger partial charge in [0.15, 0.2) is 6.61 Å². The molecular formula is C29H31N3O6. The van der Waals surface area contributed by atoms with E-state index >= 15 is 0 Å². The molecule has 3 aromatic rings. The Morgan fingerprint density at radius 1 is 0.868 bits per heavy atom. The number of likely N-dealkylation sites (tertiary alicyclic amines) is 1. The zero-order valence-electron chi connectivity index (χ0n) is 21.4. The maximum atomic E-state index is 13.4. The molecule has 0 spiro atoms. The van der Waals surface area contributed by atoms with Crippen molar-refractivity contribution in [3.8, 4) is 17.2 Å². The molecule has 4 rings (SSSR count). The highest BCUT2D eigenvalue weighted by Gasteiger charge is 2.36. The van der Waals surface area contributed by atoms with Crippen LogP contribution in [0.25, 0.3) is 0 Å². The van der Waals surface area contributed by atoms with Gasteiger partial charge in [-0.2, -0.15) is 0 Å². The van der Waals surface area contributed by atoms with Crippen molar-refractivity contribution in [1.29, 1.82) is 0 Å². The van der Waals surface area contributed by atoms with Crippen molar-refractivity contribution in [3.05, 3.63) is 84.4 Å². The topological polar surface area (TPSA) is 106 Å². The minimum absolute atomic E-state index is 0.173. The fraction of sp³-hybridized carbons (Fsp3) is 0.276. The average molecular weight is 518 g/mol. The van der Waals surface area contributed by atoms with E-state index in [9.17, 15) is 14.4 Å². The number of amides is 3. The quantitative estimate of drug-likeness (QED) is 0.426. The summed E-state index contributed by atoms with van der Waals surface area (Å²) in [4.78, 5) is 41.2. The summed E-state index contributed by atoms with van der Waals surface area (Å²) in [5.41, 5.74) is 1.13. The second-order valence-corrected chi connectivity index (χ2v) is 8.78. The van der Waals surface area contributed by atoms with Crippen LogP contribution in [0.5, 0.6) is 17.2 Å².